The fourth-order valence-electron chi connectivity index (χ4n) is 4.87. The minimum atomic E-state index is 0.0645. The highest BCUT2D eigenvalue weighted by molar-refractivity contribution is 5.86. The van der Waals surface area contributed by atoms with Gasteiger partial charge in [-0.25, -0.2) is 0 Å². The minimum Gasteiger partial charge on any atom is -0.304 e. The van der Waals surface area contributed by atoms with Crippen molar-refractivity contribution in [1.29, 1.82) is 0 Å². The van der Waals surface area contributed by atoms with Gasteiger partial charge in [0.15, 0.2) is 5.78 Å². The maximum Gasteiger partial charge on any atom is 0.151 e. The molecule has 3 rings (SSSR count). The number of aryl methyl sites for hydroxylation is 2. The predicted molar refractivity (Wildman–Crippen MR) is 140 cm³/mol. The van der Waals surface area contributed by atoms with Gasteiger partial charge in [0.1, 0.15) is 0 Å². The fraction of sp³-hybridized carbons (Fsp3) is 0.567. The van der Waals surface area contributed by atoms with Crippen molar-refractivity contribution in [2.24, 2.45) is 5.92 Å². The topological polar surface area (TPSA) is 23.6 Å². The number of carbonyl (C=O) groups is 1. The maximum atomic E-state index is 13.2. The Hall–Kier alpha value is -1.97. The summed E-state index contributed by atoms with van der Waals surface area (Å²) in [6.07, 6.45) is 2.95. The van der Waals surface area contributed by atoms with Gasteiger partial charge in [-0.05, 0) is 75.7 Å². The molecule has 0 saturated carbocycles. The second kappa shape index (κ2) is 11.0. The number of benzene rings is 2. The molecule has 1 fully saturated rings. The predicted octanol–water partition coefficient (Wildman–Crippen LogP) is 6.20. The smallest absolute Gasteiger partial charge is 0.151 e. The molecule has 1 aliphatic heterocycles. The van der Waals surface area contributed by atoms with Gasteiger partial charge in [0.05, 0.1) is 6.54 Å². The fourth-order valence-corrected chi connectivity index (χ4v) is 4.87. The van der Waals surface area contributed by atoms with Crippen molar-refractivity contribution < 1.29 is 4.79 Å². The molecule has 0 aliphatic carbocycles. The highest BCUT2D eigenvalue weighted by Gasteiger charge is 2.40. The number of carbonyl (C=O) groups excluding carboxylic acids is 1. The molecule has 2 aromatic carbocycles. The Morgan fingerprint density at radius 2 is 1.67 bits per heavy atom. The zero-order valence-electron chi connectivity index (χ0n) is 21.9. The van der Waals surface area contributed by atoms with E-state index in [0.717, 1.165) is 32.4 Å². The molecular weight excluding hydrogens is 404 g/mol. The third kappa shape index (κ3) is 6.77. The maximum absolute atomic E-state index is 13.2. The highest BCUT2D eigenvalue weighted by atomic mass is 16.1. The van der Waals surface area contributed by atoms with E-state index < -0.39 is 0 Å². The lowest BCUT2D eigenvalue weighted by molar-refractivity contribution is -0.120. The Morgan fingerprint density at radius 3 is 2.24 bits per heavy atom. The van der Waals surface area contributed by atoms with Gasteiger partial charge in [0.25, 0.3) is 0 Å². The van der Waals surface area contributed by atoms with Crippen molar-refractivity contribution in [2.75, 3.05) is 26.7 Å². The van der Waals surface area contributed by atoms with Crippen molar-refractivity contribution in [3.63, 3.8) is 0 Å². The molecule has 0 amide bonds. The average molecular weight is 449 g/mol. The van der Waals surface area contributed by atoms with Crippen LogP contribution < -0.4 is 0 Å². The molecule has 0 radical (unpaired) electrons. The van der Waals surface area contributed by atoms with Gasteiger partial charge in [0.2, 0.25) is 0 Å². The van der Waals surface area contributed by atoms with Crippen LogP contribution in [0.15, 0.2) is 48.5 Å². The third-order valence-electron chi connectivity index (χ3n) is 7.37. The van der Waals surface area contributed by atoms with Crippen LogP contribution in [-0.4, -0.2) is 48.3 Å². The van der Waals surface area contributed by atoms with Gasteiger partial charge in [0, 0.05) is 24.5 Å². The van der Waals surface area contributed by atoms with Gasteiger partial charge >= 0.3 is 0 Å². The largest absolute Gasteiger partial charge is 0.304 e. The van der Waals surface area contributed by atoms with Crippen molar-refractivity contribution in [3.8, 4) is 0 Å². The Bertz CT molecular complexity index is 892. The standard InChI is InChI=1S/C30H44N2O/c1-22(2)31(7)19-8-20-32-21-28(33)27(18-13-24-11-9-23(3)10-12-24)29(32)25-14-16-26(17-15-25)30(4,5)6/h9-12,14-17,22,27,29H,8,13,18-21H2,1-7H3. The van der Waals surface area contributed by atoms with Crippen LogP contribution in [0.2, 0.25) is 0 Å². The van der Waals surface area contributed by atoms with E-state index in [1.54, 1.807) is 0 Å². The van der Waals surface area contributed by atoms with Gasteiger partial charge < -0.3 is 4.90 Å². The van der Waals surface area contributed by atoms with Crippen LogP contribution in [0.25, 0.3) is 0 Å². The highest BCUT2D eigenvalue weighted by Crippen LogP contribution is 2.39. The van der Waals surface area contributed by atoms with Crippen molar-refractivity contribution >= 4 is 5.78 Å². The molecule has 0 spiro atoms. The van der Waals surface area contributed by atoms with Crippen LogP contribution in [0.1, 0.15) is 75.8 Å². The van der Waals surface area contributed by atoms with Crippen LogP contribution in [-0.2, 0) is 16.6 Å². The molecule has 1 aliphatic rings. The summed E-state index contributed by atoms with van der Waals surface area (Å²) in [7, 11) is 2.19. The van der Waals surface area contributed by atoms with Crippen molar-refractivity contribution in [1.82, 2.24) is 9.80 Å². The van der Waals surface area contributed by atoms with Crippen LogP contribution in [0.3, 0.4) is 0 Å². The second-order valence-electron chi connectivity index (χ2n) is 11.3. The van der Waals surface area contributed by atoms with Crippen LogP contribution in [0.5, 0.6) is 0 Å². The summed E-state index contributed by atoms with van der Waals surface area (Å²) < 4.78 is 0. The Labute approximate surface area is 202 Å². The molecule has 1 saturated heterocycles. The summed E-state index contributed by atoms with van der Waals surface area (Å²) in [4.78, 5) is 18.1. The van der Waals surface area contributed by atoms with Gasteiger partial charge in [-0.3, -0.25) is 9.69 Å². The number of nitrogens with zero attached hydrogens (tertiary/aromatic N) is 2. The lowest BCUT2D eigenvalue weighted by Crippen LogP contribution is -2.32. The number of Topliss-reactive ketones (excluding diaryl/α,β-unsaturated/α-hetero) is 1. The zero-order valence-corrected chi connectivity index (χ0v) is 21.9. The van der Waals surface area contributed by atoms with E-state index in [1.165, 1.54) is 22.3 Å². The van der Waals surface area contributed by atoms with E-state index in [1.807, 2.05) is 0 Å². The van der Waals surface area contributed by atoms with E-state index in [4.69, 9.17) is 0 Å². The molecule has 2 atom stereocenters. The first-order valence-electron chi connectivity index (χ1n) is 12.7. The molecule has 0 N–H and O–H groups in total. The number of likely N-dealkylation sites (tertiary alicyclic amines) is 1. The van der Waals surface area contributed by atoms with E-state index >= 15 is 0 Å². The molecule has 0 bridgehead atoms. The molecule has 0 aromatic heterocycles. The molecular formula is C30H44N2O. The van der Waals surface area contributed by atoms with E-state index in [9.17, 15) is 4.79 Å². The van der Waals surface area contributed by atoms with Gasteiger partial charge in [-0.1, -0.05) is 74.9 Å². The lowest BCUT2D eigenvalue weighted by atomic mass is 9.84. The molecule has 180 valence electrons. The average Bonchev–Trinajstić information content (AvgIpc) is 3.07. The zero-order chi connectivity index (χ0) is 24.2. The molecule has 33 heavy (non-hydrogen) atoms. The minimum absolute atomic E-state index is 0.0645. The number of rotatable bonds is 9. The van der Waals surface area contributed by atoms with Crippen LogP contribution in [0.4, 0.5) is 0 Å². The summed E-state index contributed by atoms with van der Waals surface area (Å²) in [5.74, 6) is 0.471. The molecule has 3 nitrogen and oxygen atoms in total. The SMILES string of the molecule is Cc1ccc(CCC2C(=O)CN(CCCN(C)C(C)C)C2c2ccc(C(C)(C)C)cc2)cc1. The molecule has 3 heteroatoms. The van der Waals surface area contributed by atoms with Crippen LogP contribution in [0, 0.1) is 12.8 Å². The van der Waals surface area contributed by atoms with Gasteiger partial charge in [-0.2, -0.15) is 0 Å². The summed E-state index contributed by atoms with van der Waals surface area (Å²) >= 11 is 0. The Morgan fingerprint density at radius 1 is 1.03 bits per heavy atom. The van der Waals surface area contributed by atoms with E-state index in [2.05, 4.69) is 107 Å². The summed E-state index contributed by atoms with van der Waals surface area (Å²) in [5, 5.41) is 0. The first kappa shape index (κ1) is 25.6. The lowest BCUT2D eigenvalue weighted by Gasteiger charge is -2.30. The Kier molecular flexibility index (Phi) is 8.53. The number of hydrogen-bond donors (Lipinski definition) is 0. The van der Waals surface area contributed by atoms with Gasteiger partial charge in [-0.15, -0.1) is 0 Å². The first-order valence-corrected chi connectivity index (χ1v) is 12.7. The second-order valence-corrected chi connectivity index (χ2v) is 11.3. The number of hydrogen-bond acceptors (Lipinski definition) is 3. The number of ketones is 1. The molecule has 2 aromatic rings. The normalized spacial score (nSPS) is 19.7. The van der Waals surface area contributed by atoms with Crippen LogP contribution >= 0.6 is 0 Å². The summed E-state index contributed by atoms with van der Waals surface area (Å²) in [6.45, 7) is 16.0. The first-order chi connectivity index (χ1) is 15.6. The van der Waals surface area contributed by atoms with Crippen molar-refractivity contribution in [2.45, 2.75) is 78.3 Å². The van der Waals surface area contributed by atoms with Crippen molar-refractivity contribution in [3.05, 3.63) is 70.8 Å². The monoisotopic (exact) mass is 448 g/mol. The molecule has 2 unspecified atom stereocenters. The van der Waals surface area contributed by atoms with E-state index in [0.29, 0.717) is 18.4 Å². The molecule has 1 heterocycles. The third-order valence-corrected chi connectivity index (χ3v) is 7.37. The summed E-state index contributed by atoms with van der Waals surface area (Å²) in [6, 6.07) is 18.6. The quantitative estimate of drug-likeness (QED) is 0.456. The Balaban J connectivity index is 1.78. The summed E-state index contributed by atoms with van der Waals surface area (Å²) in [5.41, 5.74) is 5.38. The van der Waals surface area contributed by atoms with E-state index in [-0.39, 0.29) is 17.4 Å².